The van der Waals surface area contributed by atoms with Crippen LogP contribution in [-0.4, -0.2) is 5.97 Å². The summed E-state index contributed by atoms with van der Waals surface area (Å²) in [6.07, 6.45) is 7.31. The molecule has 0 aliphatic heterocycles. The fourth-order valence-corrected chi connectivity index (χ4v) is 2.84. The molecule has 118 valence electrons. The van der Waals surface area contributed by atoms with Crippen LogP contribution in [0.5, 0.6) is 5.06 Å². The Labute approximate surface area is 134 Å². The minimum absolute atomic E-state index is 0.280. The van der Waals surface area contributed by atoms with E-state index in [1.165, 1.54) is 49.1 Å². The molecule has 0 N–H and O–H groups in total. The molecular formula is C18H21FO2S. The van der Waals surface area contributed by atoms with Crippen molar-refractivity contribution in [2.75, 3.05) is 0 Å². The molecule has 2 aromatic rings. The van der Waals surface area contributed by atoms with E-state index in [-0.39, 0.29) is 10.9 Å². The normalized spacial score (nSPS) is 10.6. The quantitative estimate of drug-likeness (QED) is 0.466. The number of hydrogen-bond donors (Lipinski definition) is 0. The summed E-state index contributed by atoms with van der Waals surface area (Å²) in [5.74, 6) is -0.831. The van der Waals surface area contributed by atoms with Gasteiger partial charge in [0.05, 0.1) is 5.56 Å². The van der Waals surface area contributed by atoms with E-state index in [9.17, 15) is 9.18 Å². The molecule has 0 saturated carbocycles. The summed E-state index contributed by atoms with van der Waals surface area (Å²) in [7, 11) is 0. The lowest BCUT2D eigenvalue weighted by atomic mass is 10.0. The standard InChI is InChI=1S/C18H21FO2S/c1-2-3-4-5-6-7-14-8-10-15(11-9-14)18(20)21-17-12-16(19)13-22-17/h8-13H,2-7H2,1H3. The van der Waals surface area contributed by atoms with E-state index in [0.717, 1.165) is 17.8 Å². The van der Waals surface area contributed by atoms with Crippen LogP contribution in [0.3, 0.4) is 0 Å². The summed E-state index contributed by atoms with van der Waals surface area (Å²) in [4.78, 5) is 11.9. The first kappa shape index (κ1) is 16.7. The SMILES string of the molecule is CCCCCCCc1ccc(C(=O)Oc2cc(F)cs2)cc1. The van der Waals surface area contributed by atoms with Gasteiger partial charge >= 0.3 is 5.97 Å². The van der Waals surface area contributed by atoms with E-state index in [0.29, 0.717) is 5.56 Å². The number of hydrogen-bond acceptors (Lipinski definition) is 3. The molecule has 0 amide bonds. The zero-order valence-electron chi connectivity index (χ0n) is 12.8. The van der Waals surface area contributed by atoms with E-state index < -0.39 is 5.97 Å². The van der Waals surface area contributed by atoms with Crippen LogP contribution in [0, 0.1) is 5.82 Å². The number of carbonyl (C=O) groups excluding carboxylic acids is 1. The Balaban J connectivity index is 1.81. The van der Waals surface area contributed by atoms with Crippen LogP contribution in [0.4, 0.5) is 4.39 Å². The molecule has 0 bridgehead atoms. The number of halogens is 1. The predicted molar refractivity (Wildman–Crippen MR) is 88.1 cm³/mol. The van der Waals surface area contributed by atoms with Gasteiger partial charge in [-0.3, -0.25) is 0 Å². The lowest BCUT2D eigenvalue weighted by Crippen LogP contribution is -2.07. The number of esters is 1. The van der Waals surface area contributed by atoms with Crippen molar-refractivity contribution in [2.24, 2.45) is 0 Å². The molecule has 1 aromatic heterocycles. The summed E-state index contributed by atoms with van der Waals surface area (Å²) in [5, 5.41) is 1.59. The third-order valence-corrected chi connectivity index (χ3v) is 4.27. The number of thiophene rings is 1. The van der Waals surface area contributed by atoms with Crippen molar-refractivity contribution in [2.45, 2.75) is 45.4 Å². The summed E-state index contributed by atoms with van der Waals surface area (Å²) in [6, 6.07) is 8.69. The highest BCUT2D eigenvalue weighted by atomic mass is 32.1. The van der Waals surface area contributed by atoms with Crippen molar-refractivity contribution >= 4 is 17.3 Å². The van der Waals surface area contributed by atoms with Gasteiger partial charge in [-0.1, -0.05) is 44.7 Å². The Morgan fingerprint density at radius 1 is 1.14 bits per heavy atom. The highest BCUT2D eigenvalue weighted by molar-refractivity contribution is 7.11. The molecule has 0 aliphatic rings. The van der Waals surface area contributed by atoms with Crippen molar-refractivity contribution in [1.29, 1.82) is 0 Å². The Kier molecular flexibility index (Phi) is 6.59. The van der Waals surface area contributed by atoms with E-state index in [4.69, 9.17) is 4.74 Å². The second-order valence-corrected chi connectivity index (χ2v) is 6.21. The molecule has 0 saturated heterocycles. The average Bonchev–Trinajstić information content (AvgIpc) is 2.93. The number of aryl methyl sites for hydroxylation is 1. The average molecular weight is 320 g/mol. The molecule has 0 aliphatic carbocycles. The van der Waals surface area contributed by atoms with Crippen molar-refractivity contribution in [3.8, 4) is 5.06 Å². The lowest BCUT2D eigenvalue weighted by Gasteiger charge is -2.04. The van der Waals surface area contributed by atoms with Gasteiger partial charge in [0.25, 0.3) is 0 Å². The minimum Gasteiger partial charge on any atom is -0.412 e. The first-order chi connectivity index (χ1) is 10.7. The Morgan fingerprint density at radius 3 is 2.50 bits per heavy atom. The molecule has 1 heterocycles. The second-order valence-electron chi connectivity index (χ2n) is 5.33. The van der Waals surface area contributed by atoms with Crippen LogP contribution >= 0.6 is 11.3 Å². The molecule has 4 heteroatoms. The van der Waals surface area contributed by atoms with Gasteiger partial charge < -0.3 is 4.74 Å². The van der Waals surface area contributed by atoms with E-state index in [1.807, 2.05) is 12.1 Å². The van der Waals surface area contributed by atoms with Gasteiger partial charge in [-0.2, -0.15) is 0 Å². The molecular weight excluding hydrogens is 299 g/mol. The fourth-order valence-electron chi connectivity index (χ4n) is 2.24. The monoisotopic (exact) mass is 320 g/mol. The molecule has 22 heavy (non-hydrogen) atoms. The summed E-state index contributed by atoms with van der Waals surface area (Å²) < 4.78 is 18.0. The van der Waals surface area contributed by atoms with Crippen LogP contribution < -0.4 is 4.74 Å². The number of ether oxygens (including phenoxy) is 1. The van der Waals surface area contributed by atoms with Gasteiger partial charge in [-0.25, -0.2) is 9.18 Å². The Morgan fingerprint density at radius 2 is 1.86 bits per heavy atom. The Bertz CT molecular complexity index is 589. The first-order valence-corrected chi connectivity index (χ1v) is 8.62. The number of benzene rings is 1. The van der Waals surface area contributed by atoms with Gasteiger partial charge in [-0.15, -0.1) is 11.3 Å². The molecule has 0 atom stereocenters. The molecule has 2 nitrogen and oxygen atoms in total. The van der Waals surface area contributed by atoms with Gasteiger partial charge in [0.1, 0.15) is 5.82 Å². The van der Waals surface area contributed by atoms with Crippen molar-refractivity contribution in [1.82, 2.24) is 0 Å². The molecule has 0 spiro atoms. The highest BCUT2D eigenvalue weighted by Crippen LogP contribution is 2.23. The molecule has 2 rings (SSSR count). The van der Waals surface area contributed by atoms with E-state index in [1.54, 1.807) is 12.1 Å². The molecule has 0 unspecified atom stereocenters. The number of rotatable bonds is 8. The number of unbranched alkanes of at least 4 members (excludes halogenated alkanes) is 4. The Hall–Kier alpha value is -1.68. The zero-order valence-corrected chi connectivity index (χ0v) is 13.6. The maximum atomic E-state index is 12.8. The highest BCUT2D eigenvalue weighted by Gasteiger charge is 2.10. The van der Waals surface area contributed by atoms with Crippen LogP contribution in [0.25, 0.3) is 0 Å². The van der Waals surface area contributed by atoms with Crippen molar-refractivity contribution in [3.63, 3.8) is 0 Å². The van der Waals surface area contributed by atoms with Crippen molar-refractivity contribution in [3.05, 3.63) is 52.7 Å². The minimum atomic E-state index is -0.448. The smallest absolute Gasteiger partial charge is 0.344 e. The van der Waals surface area contributed by atoms with Gasteiger partial charge in [0, 0.05) is 11.4 Å². The zero-order chi connectivity index (χ0) is 15.8. The lowest BCUT2D eigenvalue weighted by molar-refractivity contribution is 0.0740. The van der Waals surface area contributed by atoms with Crippen LogP contribution in [-0.2, 0) is 6.42 Å². The van der Waals surface area contributed by atoms with Crippen LogP contribution in [0.1, 0.15) is 54.9 Å². The second kappa shape index (κ2) is 8.69. The van der Waals surface area contributed by atoms with Crippen LogP contribution in [0.2, 0.25) is 0 Å². The van der Waals surface area contributed by atoms with Gasteiger partial charge in [-0.05, 0) is 30.5 Å². The topological polar surface area (TPSA) is 26.3 Å². The third-order valence-electron chi connectivity index (χ3n) is 3.50. The predicted octanol–water partition coefficient (Wildman–Crippen LogP) is 5.62. The molecule has 1 aromatic carbocycles. The molecule has 0 fully saturated rings. The maximum Gasteiger partial charge on any atom is 0.344 e. The first-order valence-electron chi connectivity index (χ1n) is 7.74. The summed E-state index contributed by atoms with van der Waals surface area (Å²) in [6.45, 7) is 2.21. The molecule has 0 radical (unpaired) electrons. The fraction of sp³-hybridized carbons (Fsp3) is 0.389. The van der Waals surface area contributed by atoms with Crippen LogP contribution in [0.15, 0.2) is 35.7 Å². The van der Waals surface area contributed by atoms with E-state index >= 15 is 0 Å². The van der Waals surface area contributed by atoms with Gasteiger partial charge in [0.2, 0.25) is 0 Å². The maximum absolute atomic E-state index is 12.8. The van der Waals surface area contributed by atoms with Gasteiger partial charge in [0.15, 0.2) is 5.06 Å². The van der Waals surface area contributed by atoms with E-state index in [2.05, 4.69) is 6.92 Å². The summed E-state index contributed by atoms with van der Waals surface area (Å²) in [5.41, 5.74) is 1.72. The number of carbonyl (C=O) groups is 1. The third kappa shape index (κ3) is 5.26. The largest absolute Gasteiger partial charge is 0.412 e. The van der Waals surface area contributed by atoms with Crippen molar-refractivity contribution < 1.29 is 13.9 Å². The summed E-state index contributed by atoms with van der Waals surface area (Å²) >= 11 is 1.08.